The third-order valence-electron chi connectivity index (χ3n) is 3.78. The molecule has 0 unspecified atom stereocenters. The van der Waals surface area contributed by atoms with Gasteiger partial charge in [0.1, 0.15) is 0 Å². The molecule has 2 rings (SSSR count). The number of aromatic nitrogens is 3. The zero-order valence-electron chi connectivity index (χ0n) is 11.9. The molecule has 0 saturated heterocycles. The summed E-state index contributed by atoms with van der Waals surface area (Å²) >= 11 is 0. The lowest BCUT2D eigenvalue weighted by Crippen LogP contribution is -2.36. The molecular formula is C13H23N5O2. The summed E-state index contributed by atoms with van der Waals surface area (Å²) in [7, 11) is 0. The number of aliphatic hydroxyl groups excluding tert-OH is 1. The molecule has 20 heavy (non-hydrogen) atoms. The number of ether oxygens (including phenoxy) is 1. The van der Waals surface area contributed by atoms with Crippen molar-refractivity contribution in [3.63, 3.8) is 0 Å². The van der Waals surface area contributed by atoms with Crippen molar-refractivity contribution in [3.8, 4) is 6.01 Å². The number of nitrogen functional groups attached to an aromatic ring is 1. The summed E-state index contributed by atoms with van der Waals surface area (Å²) in [6, 6.07) is 0.226. The smallest absolute Gasteiger partial charge is 0.323 e. The van der Waals surface area contributed by atoms with Crippen molar-refractivity contribution in [2.24, 2.45) is 5.41 Å². The molecule has 1 aromatic heterocycles. The highest BCUT2D eigenvalue weighted by Gasteiger charge is 2.31. The first-order valence-electron chi connectivity index (χ1n) is 7.16. The summed E-state index contributed by atoms with van der Waals surface area (Å²) < 4.78 is 5.24. The van der Waals surface area contributed by atoms with Gasteiger partial charge in [-0.05, 0) is 19.8 Å². The van der Waals surface area contributed by atoms with Gasteiger partial charge in [0.25, 0.3) is 0 Å². The summed E-state index contributed by atoms with van der Waals surface area (Å²) in [6.45, 7) is 3.15. The van der Waals surface area contributed by atoms with Crippen molar-refractivity contribution in [2.75, 3.05) is 30.8 Å². The molecule has 1 aliphatic rings. The molecule has 7 heteroatoms. The number of hydrogen-bond acceptors (Lipinski definition) is 7. The van der Waals surface area contributed by atoms with E-state index in [1.165, 1.54) is 6.42 Å². The molecule has 1 fully saturated rings. The van der Waals surface area contributed by atoms with Crippen LogP contribution in [0.3, 0.4) is 0 Å². The first-order valence-corrected chi connectivity index (χ1v) is 7.16. The summed E-state index contributed by atoms with van der Waals surface area (Å²) in [6.07, 6.45) is 5.61. The van der Waals surface area contributed by atoms with Gasteiger partial charge in [-0.1, -0.05) is 19.3 Å². The molecule has 4 N–H and O–H groups in total. The number of nitrogens with one attached hydrogen (secondary N) is 1. The summed E-state index contributed by atoms with van der Waals surface area (Å²) in [4.78, 5) is 12.1. The lowest BCUT2D eigenvalue weighted by atomic mass is 9.74. The summed E-state index contributed by atoms with van der Waals surface area (Å²) in [5, 5.41) is 12.8. The maximum Gasteiger partial charge on any atom is 0.323 e. The third-order valence-corrected chi connectivity index (χ3v) is 3.78. The van der Waals surface area contributed by atoms with Crippen LogP contribution in [0.4, 0.5) is 11.9 Å². The zero-order valence-corrected chi connectivity index (χ0v) is 11.9. The topological polar surface area (TPSA) is 106 Å². The van der Waals surface area contributed by atoms with Crippen LogP contribution < -0.4 is 15.8 Å². The SMILES string of the molecule is CCOc1nc(N)nc(NCC2(CO)CCCCC2)n1. The molecule has 1 aliphatic carbocycles. The van der Waals surface area contributed by atoms with Crippen LogP contribution in [0.2, 0.25) is 0 Å². The van der Waals surface area contributed by atoms with Crippen molar-refractivity contribution >= 4 is 11.9 Å². The molecule has 1 heterocycles. The van der Waals surface area contributed by atoms with E-state index in [2.05, 4.69) is 20.3 Å². The Labute approximate surface area is 119 Å². The molecule has 1 aromatic rings. The Bertz CT molecular complexity index is 435. The number of nitrogens with two attached hydrogens (primary N) is 1. The highest BCUT2D eigenvalue weighted by molar-refractivity contribution is 5.32. The molecule has 7 nitrogen and oxygen atoms in total. The molecule has 0 radical (unpaired) electrons. The minimum Gasteiger partial charge on any atom is -0.464 e. The maximum absolute atomic E-state index is 9.67. The van der Waals surface area contributed by atoms with E-state index < -0.39 is 0 Å². The molecule has 0 aliphatic heterocycles. The van der Waals surface area contributed by atoms with E-state index in [0.29, 0.717) is 19.1 Å². The molecule has 0 atom stereocenters. The molecule has 0 spiro atoms. The summed E-state index contributed by atoms with van der Waals surface area (Å²) in [5.41, 5.74) is 5.55. The van der Waals surface area contributed by atoms with Crippen LogP contribution in [0.25, 0.3) is 0 Å². The van der Waals surface area contributed by atoms with Crippen molar-refractivity contribution in [3.05, 3.63) is 0 Å². The van der Waals surface area contributed by atoms with Crippen LogP contribution in [0.5, 0.6) is 6.01 Å². The Balaban J connectivity index is 2.02. The van der Waals surface area contributed by atoms with Crippen molar-refractivity contribution in [2.45, 2.75) is 39.0 Å². The van der Waals surface area contributed by atoms with Crippen LogP contribution in [0.1, 0.15) is 39.0 Å². The largest absolute Gasteiger partial charge is 0.464 e. The normalized spacial score (nSPS) is 17.7. The molecule has 112 valence electrons. The van der Waals surface area contributed by atoms with E-state index in [1.807, 2.05) is 6.92 Å². The number of anilines is 2. The van der Waals surface area contributed by atoms with Gasteiger partial charge in [-0.2, -0.15) is 15.0 Å². The minimum absolute atomic E-state index is 0.0780. The standard InChI is InChI=1S/C13H23N5O2/c1-2-20-12-17-10(14)16-11(18-12)15-8-13(9-19)6-4-3-5-7-13/h19H,2-9H2,1H3,(H3,14,15,16,17,18). The Morgan fingerprint density at radius 3 is 2.65 bits per heavy atom. The van der Waals surface area contributed by atoms with Crippen LogP contribution in [0, 0.1) is 5.41 Å². The summed E-state index contributed by atoms with van der Waals surface area (Å²) in [5.74, 6) is 0.534. The molecule has 0 bridgehead atoms. The average molecular weight is 281 g/mol. The predicted octanol–water partition coefficient (Wildman–Crippen LogP) is 1.21. The number of hydrogen-bond donors (Lipinski definition) is 3. The predicted molar refractivity (Wildman–Crippen MR) is 76.5 cm³/mol. The van der Waals surface area contributed by atoms with Gasteiger partial charge in [0.05, 0.1) is 13.2 Å². The van der Waals surface area contributed by atoms with E-state index in [0.717, 1.165) is 25.7 Å². The Morgan fingerprint density at radius 2 is 2.00 bits per heavy atom. The highest BCUT2D eigenvalue weighted by atomic mass is 16.5. The maximum atomic E-state index is 9.67. The second kappa shape index (κ2) is 6.69. The van der Waals surface area contributed by atoms with Gasteiger partial charge in [0.15, 0.2) is 0 Å². The lowest BCUT2D eigenvalue weighted by molar-refractivity contribution is 0.0942. The van der Waals surface area contributed by atoms with Crippen molar-refractivity contribution in [1.29, 1.82) is 0 Å². The van der Waals surface area contributed by atoms with E-state index in [1.54, 1.807) is 0 Å². The Hall–Kier alpha value is -1.63. The Kier molecular flexibility index (Phi) is 4.94. The fourth-order valence-electron chi connectivity index (χ4n) is 2.60. The van der Waals surface area contributed by atoms with E-state index in [9.17, 15) is 5.11 Å². The second-order valence-corrected chi connectivity index (χ2v) is 5.31. The minimum atomic E-state index is -0.0780. The quantitative estimate of drug-likeness (QED) is 0.719. The van der Waals surface area contributed by atoms with Crippen LogP contribution in [-0.4, -0.2) is 39.8 Å². The van der Waals surface area contributed by atoms with E-state index >= 15 is 0 Å². The van der Waals surface area contributed by atoms with Crippen molar-refractivity contribution in [1.82, 2.24) is 15.0 Å². The molecule has 0 aromatic carbocycles. The fraction of sp³-hybridized carbons (Fsp3) is 0.769. The Morgan fingerprint density at radius 1 is 1.25 bits per heavy atom. The van der Waals surface area contributed by atoms with Gasteiger partial charge in [0, 0.05) is 12.0 Å². The van der Waals surface area contributed by atoms with Gasteiger partial charge in [-0.3, -0.25) is 0 Å². The van der Waals surface area contributed by atoms with Gasteiger partial charge in [0.2, 0.25) is 11.9 Å². The molecule has 1 saturated carbocycles. The lowest BCUT2D eigenvalue weighted by Gasteiger charge is -2.35. The zero-order chi connectivity index (χ0) is 14.4. The fourth-order valence-corrected chi connectivity index (χ4v) is 2.60. The highest BCUT2D eigenvalue weighted by Crippen LogP contribution is 2.35. The van der Waals surface area contributed by atoms with E-state index in [-0.39, 0.29) is 24.0 Å². The van der Waals surface area contributed by atoms with Gasteiger partial charge in [-0.25, -0.2) is 0 Å². The third kappa shape index (κ3) is 3.69. The van der Waals surface area contributed by atoms with Gasteiger partial charge < -0.3 is 20.9 Å². The number of nitrogens with zero attached hydrogens (tertiary/aromatic N) is 3. The van der Waals surface area contributed by atoms with Gasteiger partial charge in [-0.15, -0.1) is 0 Å². The number of rotatable bonds is 6. The van der Waals surface area contributed by atoms with E-state index in [4.69, 9.17) is 10.5 Å². The molecule has 0 amide bonds. The van der Waals surface area contributed by atoms with Gasteiger partial charge >= 0.3 is 6.01 Å². The van der Waals surface area contributed by atoms with Crippen LogP contribution in [-0.2, 0) is 0 Å². The second-order valence-electron chi connectivity index (χ2n) is 5.31. The molecular weight excluding hydrogens is 258 g/mol. The first kappa shape index (κ1) is 14.8. The van der Waals surface area contributed by atoms with Crippen LogP contribution in [0.15, 0.2) is 0 Å². The number of aliphatic hydroxyl groups is 1. The van der Waals surface area contributed by atoms with Crippen molar-refractivity contribution < 1.29 is 9.84 Å². The monoisotopic (exact) mass is 281 g/mol. The average Bonchev–Trinajstić information content (AvgIpc) is 2.46. The van der Waals surface area contributed by atoms with Crippen LogP contribution >= 0.6 is 0 Å². The first-order chi connectivity index (χ1) is 9.67.